The molecule has 2 rings (SSSR count). The van der Waals surface area contributed by atoms with Gasteiger partial charge in [0.1, 0.15) is 11.2 Å². The van der Waals surface area contributed by atoms with Gasteiger partial charge < -0.3 is 9.47 Å². The van der Waals surface area contributed by atoms with Crippen LogP contribution in [0.2, 0.25) is 0 Å². The van der Waals surface area contributed by atoms with Crippen molar-refractivity contribution in [3.05, 3.63) is 0 Å². The molecule has 0 saturated heterocycles. The highest BCUT2D eigenvalue weighted by Gasteiger charge is 2.28. The van der Waals surface area contributed by atoms with Crippen LogP contribution in [0.15, 0.2) is 9.98 Å². The second-order valence-electron chi connectivity index (χ2n) is 6.35. The summed E-state index contributed by atoms with van der Waals surface area (Å²) in [4.78, 5) is 8.83. The smallest absolute Gasteiger partial charge is 0.184 e. The van der Waals surface area contributed by atoms with Crippen LogP contribution in [0.25, 0.3) is 0 Å². The Morgan fingerprint density at radius 3 is 1.50 bits per heavy atom. The highest BCUT2D eigenvalue weighted by Crippen LogP contribution is 2.22. The molecule has 2 aliphatic rings. The van der Waals surface area contributed by atoms with Gasteiger partial charge in [0.05, 0.1) is 13.1 Å². The summed E-state index contributed by atoms with van der Waals surface area (Å²) < 4.78 is 11.5. The standard InChI is InChI=1S/C14H24N2O2/c1-13(2)9-15-11(17-13)7-5-6-8-12-16-10-14(3,4)18-12/h5-10H2,1-4H3. The summed E-state index contributed by atoms with van der Waals surface area (Å²) in [6.07, 6.45) is 4.02. The Hall–Kier alpha value is -1.06. The van der Waals surface area contributed by atoms with Crippen LogP contribution in [0.3, 0.4) is 0 Å². The molecule has 0 radical (unpaired) electrons. The van der Waals surface area contributed by atoms with Crippen LogP contribution >= 0.6 is 0 Å². The summed E-state index contributed by atoms with van der Waals surface area (Å²) in [5.74, 6) is 1.82. The first-order chi connectivity index (χ1) is 8.36. The van der Waals surface area contributed by atoms with Gasteiger partial charge in [-0.15, -0.1) is 0 Å². The molecule has 0 fully saturated rings. The summed E-state index contributed by atoms with van der Waals surface area (Å²) in [5.41, 5.74) is -0.198. The Morgan fingerprint density at radius 2 is 1.22 bits per heavy atom. The number of rotatable bonds is 5. The molecule has 0 saturated carbocycles. The minimum atomic E-state index is -0.0992. The number of ether oxygens (including phenoxy) is 2. The van der Waals surface area contributed by atoms with Gasteiger partial charge in [0.15, 0.2) is 11.8 Å². The van der Waals surface area contributed by atoms with E-state index in [1.807, 2.05) is 0 Å². The van der Waals surface area contributed by atoms with E-state index in [0.29, 0.717) is 0 Å². The van der Waals surface area contributed by atoms with Crippen molar-refractivity contribution < 1.29 is 9.47 Å². The van der Waals surface area contributed by atoms with Gasteiger partial charge in [-0.1, -0.05) is 0 Å². The van der Waals surface area contributed by atoms with Gasteiger partial charge >= 0.3 is 0 Å². The van der Waals surface area contributed by atoms with Crippen LogP contribution in [0.5, 0.6) is 0 Å². The average Bonchev–Trinajstić information content (AvgIpc) is 2.76. The van der Waals surface area contributed by atoms with E-state index < -0.39 is 0 Å². The molecular formula is C14H24N2O2. The average molecular weight is 252 g/mol. The van der Waals surface area contributed by atoms with Gasteiger partial charge in [-0.2, -0.15) is 0 Å². The summed E-state index contributed by atoms with van der Waals surface area (Å²) in [7, 11) is 0. The largest absolute Gasteiger partial charge is 0.473 e. The van der Waals surface area contributed by atoms with Crippen molar-refractivity contribution in [3.8, 4) is 0 Å². The van der Waals surface area contributed by atoms with E-state index in [1.165, 1.54) is 0 Å². The van der Waals surface area contributed by atoms with Crippen molar-refractivity contribution in [2.75, 3.05) is 13.1 Å². The third-order valence-electron chi connectivity index (χ3n) is 3.09. The summed E-state index contributed by atoms with van der Waals surface area (Å²) in [5, 5.41) is 0. The van der Waals surface area contributed by atoms with Gasteiger partial charge in [0, 0.05) is 12.8 Å². The first-order valence-corrected chi connectivity index (χ1v) is 6.81. The van der Waals surface area contributed by atoms with Crippen molar-refractivity contribution in [1.29, 1.82) is 0 Å². The number of unbranched alkanes of at least 4 members (excludes halogenated alkanes) is 1. The van der Waals surface area contributed by atoms with E-state index in [-0.39, 0.29) is 11.2 Å². The van der Waals surface area contributed by atoms with E-state index >= 15 is 0 Å². The molecule has 0 spiro atoms. The normalized spacial score (nSPS) is 24.2. The Labute approximate surface area is 109 Å². The molecule has 0 aromatic heterocycles. The highest BCUT2D eigenvalue weighted by atomic mass is 16.5. The number of nitrogens with zero attached hydrogens (tertiary/aromatic N) is 2. The molecule has 2 aliphatic heterocycles. The van der Waals surface area contributed by atoms with Gasteiger partial charge in [-0.25, -0.2) is 0 Å². The van der Waals surface area contributed by atoms with Crippen LogP contribution in [-0.2, 0) is 9.47 Å². The molecule has 0 amide bonds. The zero-order valence-corrected chi connectivity index (χ0v) is 12.0. The van der Waals surface area contributed by atoms with Crippen LogP contribution < -0.4 is 0 Å². The van der Waals surface area contributed by atoms with Gasteiger partial charge in [-0.05, 0) is 40.5 Å². The first-order valence-electron chi connectivity index (χ1n) is 6.81. The van der Waals surface area contributed by atoms with Crippen LogP contribution in [-0.4, -0.2) is 36.1 Å². The molecule has 18 heavy (non-hydrogen) atoms. The van der Waals surface area contributed by atoms with Crippen LogP contribution in [0.1, 0.15) is 53.4 Å². The predicted octanol–water partition coefficient (Wildman–Crippen LogP) is 2.96. The molecule has 0 aromatic rings. The molecule has 0 N–H and O–H groups in total. The lowest BCUT2D eigenvalue weighted by molar-refractivity contribution is 0.124. The van der Waals surface area contributed by atoms with Gasteiger partial charge in [0.2, 0.25) is 0 Å². The second kappa shape index (κ2) is 4.90. The summed E-state index contributed by atoms with van der Waals surface area (Å²) in [6, 6.07) is 0. The zero-order chi connectivity index (χ0) is 13.2. The lowest BCUT2D eigenvalue weighted by Crippen LogP contribution is -2.24. The fourth-order valence-corrected chi connectivity index (χ4v) is 2.14. The lowest BCUT2D eigenvalue weighted by Gasteiger charge is -2.18. The third-order valence-corrected chi connectivity index (χ3v) is 3.09. The fraction of sp³-hybridized carbons (Fsp3) is 0.857. The topological polar surface area (TPSA) is 43.2 Å². The Balaban J connectivity index is 1.60. The minimum absolute atomic E-state index is 0.0992. The Morgan fingerprint density at radius 1 is 0.833 bits per heavy atom. The van der Waals surface area contributed by atoms with E-state index in [4.69, 9.17) is 9.47 Å². The lowest BCUT2D eigenvalue weighted by atomic mass is 10.1. The molecule has 0 unspecified atom stereocenters. The number of hydrogen-bond acceptors (Lipinski definition) is 4. The molecular weight excluding hydrogens is 228 g/mol. The van der Waals surface area contributed by atoms with Crippen molar-refractivity contribution >= 4 is 11.8 Å². The van der Waals surface area contributed by atoms with E-state index in [1.54, 1.807) is 0 Å². The SMILES string of the molecule is CC1(C)CN=C(CCCCC2=NCC(C)(C)O2)O1. The second-order valence-corrected chi connectivity index (χ2v) is 6.35. The van der Waals surface area contributed by atoms with Crippen molar-refractivity contribution in [2.45, 2.75) is 64.6 Å². The highest BCUT2D eigenvalue weighted by molar-refractivity contribution is 5.79. The third kappa shape index (κ3) is 3.72. The maximum atomic E-state index is 5.74. The van der Waals surface area contributed by atoms with Gasteiger partial charge in [-0.3, -0.25) is 9.98 Å². The molecule has 4 heteroatoms. The van der Waals surface area contributed by atoms with Crippen LogP contribution in [0, 0.1) is 0 Å². The molecule has 0 bridgehead atoms. The summed E-state index contributed by atoms with van der Waals surface area (Å²) in [6.45, 7) is 9.87. The molecule has 0 aliphatic carbocycles. The van der Waals surface area contributed by atoms with E-state index in [2.05, 4.69) is 37.7 Å². The van der Waals surface area contributed by atoms with E-state index in [9.17, 15) is 0 Å². The minimum Gasteiger partial charge on any atom is -0.473 e. The van der Waals surface area contributed by atoms with E-state index in [0.717, 1.165) is 50.6 Å². The number of aliphatic imine (C=N–C) groups is 2. The maximum absolute atomic E-state index is 5.74. The number of hydrogen-bond donors (Lipinski definition) is 0. The van der Waals surface area contributed by atoms with Crippen molar-refractivity contribution in [3.63, 3.8) is 0 Å². The van der Waals surface area contributed by atoms with Crippen molar-refractivity contribution in [2.24, 2.45) is 9.98 Å². The molecule has 0 aromatic carbocycles. The maximum Gasteiger partial charge on any atom is 0.184 e. The molecule has 102 valence electrons. The van der Waals surface area contributed by atoms with Crippen LogP contribution in [0.4, 0.5) is 0 Å². The molecule has 0 atom stereocenters. The Kier molecular flexibility index (Phi) is 3.64. The van der Waals surface area contributed by atoms with Crippen molar-refractivity contribution in [1.82, 2.24) is 0 Å². The summed E-state index contributed by atoms with van der Waals surface area (Å²) >= 11 is 0. The van der Waals surface area contributed by atoms with Gasteiger partial charge in [0.25, 0.3) is 0 Å². The predicted molar refractivity (Wildman–Crippen MR) is 73.4 cm³/mol. The molecule has 2 heterocycles. The zero-order valence-electron chi connectivity index (χ0n) is 12.0. The first kappa shape index (κ1) is 13.4. The molecule has 4 nitrogen and oxygen atoms in total. The Bertz CT molecular complexity index is 334. The monoisotopic (exact) mass is 252 g/mol. The fourth-order valence-electron chi connectivity index (χ4n) is 2.14. The quantitative estimate of drug-likeness (QED) is 0.706.